The molecule has 55 heavy (non-hydrogen) atoms. The van der Waals surface area contributed by atoms with Crippen LogP contribution >= 0.6 is 0 Å². The van der Waals surface area contributed by atoms with Crippen LogP contribution in [0.25, 0.3) is 39.6 Å². The molecule has 6 aromatic heterocycles. The fourth-order valence-electron chi connectivity index (χ4n) is 8.69. The summed E-state index contributed by atoms with van der Waals surface area (Å²) < 4.78 is 1.53. The highest BCUT2D eigenvalue weighted by molar-refractivity contribution is 5.64. The second-order valence-electron chi connectivity index (χ2n) is 15.1. The summed E-state index contributed by atoms with van der Waals surface area (Å²) >= 11 is 0. The molecule has 2 unspecified atom stereocenters. The van der Waals surface area contributed by atoms with Gasteiger partial charge in [0, 0.05) is 74.0 Å². The maximum atomic E-state index is 12.9. The number of nitrogens with zero attached hydrogens (tertiary/aromatic N) is 9. The van der Waals surface area contributed by atoms with E-state index in [0.29, 0.717) is 52.2 Å². The van der Waals surface area contributed by atoms with Crippen molar-refractivity contribution in [2.75, 3.05) is 23.4 Å². The van der Waals surface area contributed by atoms with Gasteiger partial charge in [-0.25, -0.2) is 4.68 Å². The molecular formula is C39H44N14O2. The van der Waals surface area contributed by atoms with Crippen LogP contribution in [-0.2, 0) is 0 Å². The van der Waals surface area contributed by atoms with E-state index in [0.717, 1.165) is 49.4 Å². The quantitative estimate of drug-likeness (QED) is 0.138. The summed E-state index contributed by atoms with van der Waals surface area (Å²) in [5.41, 5.74) is 3.67. The standard InChI is InChI=1S/C39H44N14O2/c1-23-16-28(51(2)36-12-9-33(47-49-36)32-8-11-35(39(55)46-32)53-15-3-14-42-53)19-27(43-23)22-52(29-17-25-4-5-26(18-29)44-25)37-13-10-34(48-50-37)31-7-6-30(38(54)45-31)24-20-40-41-21-24/h3,6-15,20-21,23,25-29,43-44H,4-5,16-19,22H2,1-2H3,(H,40,41)(H,45,54)(H,46,55)/t23-,25-,26+,27?,28+,29?/m0/s1. The van der Waals surface area contributed by atoms with Gasteiger partial charge in [0.05, 0.1) is 23.1 Å². The summed E-state index contributed by atoms with van der Waals surface area (Å²) in [7, 11) is 2.09. The Kier molecular flexibility index (Phi) is 9.27. The number of pyridine rings is 2. The predicted octanol–water partition coefficient (Wildman–Crippen LogP) is 3.29. The van der Waals surface area contributed by atoms with E-state index in [4.69, 9.17) is 5.10 Å². The Morgan fingerprint density at radius 1 is 0.782 bits per heavy atom. The largest absolute Gasteiger partial charge is 0.355 e. The first-order chi connectivity index (χ1) is 26.8. The summed E-state index contributed by atoms with van der Waals surface area (Å²) in [4.78, 5) is 36.3. The molecule has 3 aliphatic heterocycles. The minimum absolute atomic E-state index is 0.197. The first kappa shape index (κ1) is 34.7. The van der Waals surface area contributed by atoms with Gasteiger partial charge in [-0.3, -0.25) is 14.7 Å². The molecule has 9 rings (SSSR count). The Labute approximate surface area is 316 Å². The van der Waals surface area contributed by atoms with Gasteiger partial charge in [-0.1, -0.05) is 0 Å². The van der Waals surface area contributed by atoms with Crippen LogP contribution in [0.3, 0.4) is 0 Å². The summed E-state index contributed by atoms with van der Waals surface area (Å²) in [6, 6.07) is 18.9. The molecule has 6 atom stereocenters. The molecule has 16 nitrogen and oxygen atoms in total. The summed E-state index contributed by atoms with van der Waals surface area (Å²) in [5, 5.41) is 37.1. The number of piperidine rings is 2. The van der Waals surface area contributed by atoms with Crippen molar-refractivity contribution in [3.63, 3.8) is 0 Å². The fraction of sp³-hybridized carbons (Fsp3) is 0.385. The van der Waals surface area contributed by atoms with Crippen molar-refractivity contribution in [3.8, 4) is 39.6 Å². The van der Waals surface area contributed by atoms with E-state index in [1.165, 1.54) is 17.5 Å². The van der Waals surface area contributed by atoms with Crippen LogP contribution in [0, 0.1) is 0 Å². The van der Waals surface area contributed by atoms with Crippen LogP contribution in [0.5, 0.6) is 0 Å². The molecular weight excluding hydrogens is 697 g/mol. The number of hydrogen-bond acceptors (Lipinski definition) is 12. The maximum absolute atomic E-state index is 12.9. The number of fused-ring (bicyclic) bond motifs is 2. The third-order valence-corrected chi connectivity index (χ3v) is 11.4. The van der Waals surface area contributed by atoms with Crippen LogP contribution in [0.1, 0.15) is 45.4 Å². The zero-order valence-corrected chi connectivity index (χ0v) is 30.8. The molecule has 2 bridgehead atoms. The Morgan fingerprint density at radius 2 is 1.51 bits per heavy atom. The number of aromatic nitrogens is 10. The Morgan fingerprint density at radius 3 is 2.15 bits per heavy atom. The van der Waals surface area contributed by atoms with Crippen molar-refractivity contribution in [2.45, 2.75) is 81.7 Å². The summed E-state index contributed by atoms with van der Waals surface area (Å²) in [6.07, 6.45) is 13.1. The minimum atomic E-state index is -0.250. The monoisotopic (exact) mass is 740 g/mol. The normalized spacial score (nSPS) is 23.5. The van der Waals surface area contributed by atoms with E-state index in [9.17, 15) is 9.59 Å². The molecule has 0 radical (unpaired) electrons. The van der Waals surface area contributed by atoms with Gasteiger partial charge in [0.15, 0.2) is 11.6 Å². The summed E-state index contributed by atoms with van der Waals surface area (Å²) in [6.45, 7) is 3.03. The number of anilines is 2. The molecule has 0 spiro atoms. The molecule has 0 aliphatic carbocycles. The Bertz CT molecular complexity index is 2330. The van der Waals surface area contributed by atoms with Gasteiger partial charge in [-0.2, -0.15) is 10.2 Å². The number of aromatic amines is 3. The highest BCUT2D eigenvalue weighted by Gasteiger charge is 2.39. The predicted molar refractivity (Wildman–Crippen MR) is 209 cm³/mol. The van der Waals surface area contributed by atoms with E-state index < -0.39 is 0 Å². The molecule has 5 N–H and O–H groups in total. The van der Waals surface area contributed by atoms with E-state index in [2.05, 4.69) is 75.0 Å². The van der Waals surface area contributed by atoms with Crippen molar-refractivity contribution in [2.24, 2.45) is 0 Å². The van der Waals surface area contributed by atoms with Crippen LogP contribution < -0.4 is 31.6 Å². The van der Waals surface area contributed by atoms with E-state index in [1.54, 1.807) is 43.0 Å². The van der Waals surface area contributed by atoms with Crippen LogP contribution in [0.2, 0.25) is 0 Å². The Balaban J connectivity index is 0.917. The van der Waals surface area contributed by atoms with E-state index >= 15 is 0 Å². The van der Waals surface area contributed by atoms with Crippen molar-refractivity contribution in [3.05, 3.63) is 100 Å². The van der Waals surface area contributed by atoms with Crippen molar-refractivity contribution in [1.29, 1.82) is 0 Å². The second-order valence-corrected chi connectivity index (χ2v) is 15.1. The fourth-order valence-corrected chi connectivity index (χ4v) is 8.69. The van der Waals surface area contributed by atoms with Gasteiger partial charge < -0.3 is 30.4 Å². The van der Waals surface area contributed by atoms with Crippen molar-refractivity contribution >= 4 is 11.6 Å². The number of hydrogen-bond donors (Lipinski definition) is 5. The molecule has 0 aromatic carbocycles. The molecule has 282 valence electrons. The first-order valence-electron chi connectivity index (χ1n) is 19.0. The average Bonchev–Trinajstić information content (AvgIpc) is 4.00. The minimum Gasteiger partial charge on any atom is -0.355 e. The van der Waals surface area contributed by atoms with Gasteiger partial charge in [0.1, 0.15) is 17.1 Å². The molecule has 16 heteroatoms. The smallest absolute Gasteiger partial charge is 0.274 e. The number of rotatable bonds is 10. The van der Waals surface area contributed by atoms with Crippen molar-refractivity contribution in [1.82, 2.24) is 61.0 Å². The SMILES string of the molecule is C[C@H]1C[C@@H](N(C)c2ccc(-c3ccc(-n4cccn4)c(=O)[nH]3)nn2)CC(CN(c2ccc(-c3ccc(-c4cn[nH]c4)c(=O)[nH]3)nn2)C2C[C@H]3CC[C@@H](C2)N3)N1. The molecule has 3 fully saturated rings. The van der Waals surface area contributed by atoms with Crippen LogP contribution in [-0.4, -0.2) is 100 Å². The third-order valence-electron chi connectivity index (χ3n) is 11.4. The van der Waals surface area contributed by atoms with Gasteiger partial charge in [0.2, 0.25) is 0 Å². The molecule has 9 heterocycles. The van der Waals surface area contributed by atoms with Gasteiger partial charge in [0.25, 0.3) is 11.1 Å². The molecule has 3 aliphatic rings. The van der Waals surface area contributed by atoms with Crippen LogP contribution in [0.15, 0.2) is 89.0 Å². The molecule has 6 aromatic rings. The number of H-pyrrole nitrogens is 3. The second kappa shape index (κ2) is 14.7. The Hall–Kier alpha value is -6.00. The molecule has 0 saturated carbocycles. The lowest BCUT2D eigenvalue weighted by Crippen LogP contribution is -2.57. The highest BCUT2D eigenvalue weighted by atomic mass is 16.1. The van der Waals surface area contributed by atoms with Gasteiger partial charge in [-0.15, -0.1) is 20.4 Å². The van der Waals surface area contributed by atoms with E-state index in [1.807, 2.05) is 36.4 Å². The van der Waals surface area contributed by atoms with Crippen LogP contribution in [0.4, 0.5) is 11.6 Å². The lowest BCUT2D eigenvalue weighted by molar-refractivity contribution is 0.280. The number of nitrogens with one attached hydrogen (secondary N) is 5. The van der Waals surface area contributed by atoms with Gasteiger partial charge in [-0.05, 0) is 100 Å². The van der Waals surface area contributed by atoms with E-state index in [-0.39, 0.29) is 29.2 Å². The average molecular weight is 741 g/mol. The topological polar surface area (TPSA) is 194 Å². The first-order valence-corrected chi connectivity index (χ1v) is 19.0. The zero-order chi connectivity index (χ0) is 37.5. The van der Waals surface area contributed by atoms with Crippen molar-refractivity contribution < 1.29 is 0 Å². The lowest BCUT2D eigenvalue weighted by Gasteiger charge is -2.44. The zero-order valence-electron chi connectivity index (χ0n) is 30.8. The molecule has 0 amide bonds. The lowest BCUT2D eigenvalue weighted by atomic mass is 9.91. The summed E-state index contributed by atoms with van der Waals surface area (Å²) in [5.74, 6) is 1.62. The third kappa shape index (κ3) is 7.17. The highest BCUT2D eigenvalue weighted by Crippen LogP contribution is 2.33. The maximum Gasteiger partial charge on any atom is 0.274 e. The van der Waals surface area contributed by atoms with Gasteiger partial charge >= 0.3 is 0 Å². The molecule has 3 saturated heterocycles.